The minimum Gasteiger partial charge on any atom is -0.406 e. The van der Waals surface area contributed by atoms with E-state index in [0.29, 0.717) is 6.54 Å². The van der Waals surface area contributed by atoms with Gasteiger partial charge in [0.25, 0.3) is 0 Å². The van der Waals surface area contributed by atoms with E-state index < -0.39 is 18.2 Å². The molecule has 0 radical (unpaired) electrons. The van der Waals surface area contributed by atoms with E-state index in [1.165, 1.54) is 18.2 Å². The first-order chi connectivity index (χ1) is 7.92. The van der Waals surface area contributed by atoms with Crippen LogP contribution in [0.1, 0.15) is 6.92 Å². The highest BCUT2D eigenvalue weighted by Gasteiger charge is 2.32. The first-order valence-corrected chi connectivity index (χ1v) is 4.73. The number of benzene rings is 1. The predicted molar refractivity (Wildman–Crippen MR) is 52.8 cm³/mol. The molecule has 94 valence electrons. The molecule has 0 unspecified atom stereocenters. The Morgan fingerprint density at radius 1 is 1.29 bits per heavy atom. The van der Waals surface area contributed by atoms with Crippen molar-refractivity contribution >= 4 is 6.09 Å². The van der Waals surface area contributed by atoms with Crippen LogP contribution in [0.5, 0.6) is 11.5 Å². The highest BCUT2D eigenvalue weighted by Crippen LogP contribution is 2.31. The summed E-state index contributed by atoms with van der Waals surface area (Å²) in [5.41, 5.74) is 0. The summed E-state index contributed by atoms with van der Waals surface area (Å²) < 4.78 is 44.4. The molecule has 0 bridgehead atoms. The van der Waals surface area contributed by atoms with Crippen LogP contribution in [-0.4, -0.2) is 19.0 Å². The molecule has 4 nitrogen and oxygen atoms in total. The van der Waals surface area contributed by atoms with Gasteiger partial charge in [0.1, 0.15) is 0 Å². The summed E-state index contributed by atoms with van der Waals surface area (Å²) in [7, 11) is 0. The van der Waals surface area contributed by atoms with Crippen molar-refractivity contribution in [3.8, 4) is 11.5 Å². The van der Waals surface area contributed by atoms with E-state index in [1.54, 1.807) is 6.92 Å². The lowest BCUT2D eigenvalue weighted by Gasteiger charge is -2.12. The van der Waals surface area contributed by atoms with Gasteiger partial charge in [-0.25, -0.2) is 4.79 Å². The number of carbonyl (C=O) groups excluding carboxylic acids is 1. The topological polar surface area (TPSA) is 47.6 Å². The van der Waals surface area contributed by atoms with Crippen molar-refractivity contribution in [3.05, 3.63) is 24.3 Å². The molecule has 7 heteroatoms. The summed E-state index contributed by atoms with van der Waals surface area (Å²) in [5.74, 6) is -0.859. The van der Waals surface area contributed by atoms with Crippen LogP contribution in [0.25, 0.3) is 0 Å². The molecule has 1 aromatic rings. The van der Waals surface area contributed by atoms with E-state index >= 15 is 0 Å². The van der Waals surface area contributed by atoms with E-state index in [-0.39, 0.29) is 5.75 Å². The fourth-order valence-corrected chi connectivity index (χ4v) is 1.02. The smallest absolute Gasteiger partial charge is 0.406 e. The highest BCUT2D eigenvalue weighted by molar-refractivity contribution is 5.71. The van der Waals surface area contributed by atoms with Gasteiger partial charge >= 0.3 is 12.5 Å². The maximum atomic E-state index is 12.0. The van der Waals surface area contributed by atoms with Gasteiger partial charge in [-0.3, -0.25) is 0 Å². The lowest BCUT2D eigenvalue weighted by atomic mass is 10.3. The Labute approximate surface area is 95.3 Å². The molecule has 0 heterocycles. The largest absolute Gasteiger partial charge is 0.573 e. The summed E-state index contributed by atoms with van der Waals surface area (Å²) in [6.45, 7) is 1.96. The number of para-hydroxylation sites is 2. The quantitative estimate of drug-likeness (QED) is 0.895. The standard InChI is InChI=1S/C10H10F3NO3/c1-2-14-9(15)16-7-5-3-4-6-8(7)17-10(11,12)13/h3-6H,2H2,1H3,(H,14,15). The zero-order valence-electron chi connectivity index (χ0n) is 8.88. The number of rotatable bonds is 3. The zero-order valence-corrected chi connectivity index (χ0v) is 8.88. The van der Waals surface area contributed by atoms with Crippen LogP contribution < -0.4 is 14.8 Å². The van der Waals surface area contributed by atoms with Gasteiger partial charge in [0, 0.05) is 6.54 Å². The summed E-state index contributed by atoms with van der Waals surface area (Å²) >= 11 is 0. The molecule has 0 spiro atoms. The molecule has 1 aromatic carbocycles. The van der Waals surface area contributed by atoms with Gasteiger partial charge in [-0.15, -0.1) is 13.2 Å². The number of halogens is 3. The number of amides is 1. The second kappa shape index (κ2) is 5.42. The van der Waals surface area contributed by atoms with Crippen LogP contribution >= 0.6 is 0 Å². The number of ether oxygens (including phenoxy) is 2. The van der Waals surface area contributed by atoms with Gasteiger partial charge in [0.05, 0.1) is 0 Å². The molecule has 1 amide bonds. The average Bonchev–Trinajstić information content (AvgIpc) is 2.19. The number of hydrogen-bond donors (Lipinski definition) is 1. The Balaban J connectivity index is 2.81. The zero-order chi connectivity index (χ0) is 12.9. The summed E-state index contributed by atoms with van der Waals surface area (Å²) in [6.07, 6.45) is -5.67. The van der Waals surface area contributed by atoms with Gasteiger partial charge in [0.15, 0.2) is 11.5 Å². The van der Waals surface area contributed by atoms with Gasteiger partial charge in [-0.1, -0.05) is 12.1 Å². The van der Waals surface area contributed by atoms with Gasteiger partial charge in [-0.05, 0) is 19.1 Å². The summed E-state index contributed by atoms with van der Waals surface area (Å²) in [6, 6.07) is 5.03. The lowest BCUT2D eigenvalue weighted by Crippen LogP contribution is -2.27. The Bertz CT molecular complexity index is 393. The van der Waals surface area contributed by atoms with Crippen LogP contribution in [0, 0.1) is 0 Å². The Hall–Kier alpha value is -1.92. The normalized spacial score (nSPS) is 10.8. The number of carbonyl (C=O) groups is 1. The maximum absolute atomic E-state index is 12.0. The maximum Gasteiger partial charge on any atom is 0.573 e. The first-order valence-electron chi connectivity index (χ1n) is 4.73. The molecule has 0 aliphatic carbocycles. The van der Waals surface area contributed by atoms with Crippen LogP contribution in [0.4, 0.5) is 18.0 Å². The van der Waals surface area contributed by atoms with Gasteiger partial charge in [0.2, 0.25) is 0 Å². The van der Waals surface area contributed by atoms with Crippen molar-refractivity contribution in [2.24, 2.45) is 0 Å². The van der Waals surface area contributed by atoms with E-state index in [0.717, 1.165) is 6.07 Å². The molecule has 0 fully saturated rings. The van der Waals surface area contributed by atoms with Crippen LogP contribution in [-0.2, 0) is 0 Å². The summed E-state index contributed by atoms with van der Waals surface area (Å²) in [5, 5.41) is 2.29. The van der Waals surface area contributed by atoms with E-state index in [1.807, 2.05) is 0 Å². The molecule has 0 atom stereocenters. The Kier molecular flexibility index (Phi) is 4.19. The molecule has 1 rings (SSSR count). The molecule has 0 saturated carbocycles. The molecular formula is C10H10F3NO3. The average molecular weight is 249 g/mol. The lowest BCUT2D eigenvalue weighted by molar-refractivity contribution is -0.275. The van der Waals surface area contributed by atoms with Gasteiger partial charge < -0.3 is 14.8 Å². The molecule has 0 aromatic heterocycles. The third kappa shape index (κ3) is 4.62. The molecule has 0 aliphatic rings. The van der Waals surface area contributed by atoms with Crippen molar-refractivity contribution in [2.45, 2.75) is 13.3 Å². The molecule has 0 aliphatic heterocycles. The predicted octanol–water partition coefficient (Wildman–Crippen LogP) is 2.69. The van der Waals surface area contributed by atoms with Crippen LogP contribution in [0.3, 0.4) is 0 Å². The molecule has 1 N–H and O–H groups in total. The first kappa shape index (κ1) is 13.1. The van der Waals surface area contributed by atoms with Crippen molar-refractivity contribution in [3.63, 3.8) is 0 Å². The van der Waals surface area contributed by atoms with E-state index in [9.17, 15) is 18.0 Å². The third-order valence-corrected chi connectivity index (χ3v) is 1.60. The van der Waals surface area contributed by atoms with Crippen LogP contribution in [0.2, 0.25) is 0 Å². The minimum absolute atomic E-state index is 0.296. The second-order valence-corrected chi connectivity index (χ2v) is 2.91. The number of alkyl halides is 3. The van der Waals surface area contributed by atoms with E-state index in [2.05, 4.69) is 14.8 Å². The fraction of sp³-hybridized carbons (Fsp3) is 0.300. The van der Waals surface area contributed by atoms with Crippen molar-refractivity contribution in [2.75, 3.05) is 6.54 Å². The Morgan fingerprint density at radius 3 is 2.41 bits per heavy atom. The van der Waals surface area contributed by atoms with Gasteiger partial charge in [-0.2, -0.15) is 0 Å². The number of nitrogens with one attached hydrogen (secondary N) is 1. The molecule has 17 heavy (non-hydrogen) atoms. The van der Waals surface area contributed by atoms with Crippen molar-refractivity contribution in [1.82, 2.24) is 5.32 Å². The fourth-order valence-electron chi connectivity index (χ4n) is 1.02. The van der Waals surface area contributed by atoms with Crippen molar-refractivity contribution in [1.29, 1.82) is 0 Å². The monoisotopic (exact) mass is 249 g/mol. The number of hydrogen-bond acceptors (Lipinski definition) is 3. The minimum atomic E-state index is -4.83. The Morgan fingerprint density at radius 2 is 1.88 bits per heavy atom. The van der Waals surface area contributed by atoms with Crippen LogP contribution in [0.15, 0.2) is 24.3 Å². The molecular weight excluding hydrogens is 239 g/mol. The highest BCUT2D eigenvalue weighted by atomic mass is 19.4. The molecule has 0 saturated heterocycles. The van der Waals surface area contributed by atoms with E-state index in [4.69, 9.17) is 0 Å². The van der Waals surface area contributed by atoms with Crippen molar-refractivity contribution < 1.29 is 27.4 Å². The summed E-state index contributed by atoms with van der Waals surface area (Å²) in [4.78, 5) is 11.1. The SMILES string of the molecule is CCNC(=O)Oc1ccccc1OC(F)(F)F. The second-order valence-electron chi connectivity index (χ2n) is 2.91. The third-order valence-electron chi connectivity index (χ3n) is 1.60.